The predicted octanol–water partition coefficient (Wildman–Crippen LogP) is 5.06. The number of rotatable bonds is 7. The van der Waals surface area contributed by atoms with E-state index < -0.39 is 0 Å². The van der Waals surface area contributed by atoms with Gasteiger partial charge in [0.15, 0.2) is 5.78 Å². The van der Waals surface area contributed by atoms with E-state index in [2.05, 4.69) is 35.2 Å². The van der Waals surface area contributed by atoms with Crippen LogP contribution in [0.3, 0.4) is 0 Å². The van der Waals surface area contributed by atoms with Crippen LogP contribution in [0.2, 0.25) is 0 Å². The molecule has 0 unspecified atom stereocenters. The van der Waals surface area contributed by atoms with Crippen LogP contribution in [-0.4, -0.2) is 30.3 Å². The first kappa shape index (κ1) is 17.8. The van der Waals surface area contributed by atoms with Gasteiger partial charge in [-0.2, -0.15) is 0 Å². The molecule has 3 rings (SSSR count). The number of benzene rings is 2. The fourth-order valence-corrected chi connectivity index (χ4v) is 3.64. The molecule has 2 nitrogen and oxygen atoms in total. The van der Waals surface area contributed by atoms with Gasteiger partial charge in [0.2, 0.25) is 0 Å². The maximum Gasteiger partial charge on any atom is 0.162 e. The highest BCUT2D eigenvalue weighted by Gasteiger charge is 2.20. The Hall–Kier alpha value is -2.00. The Morgan fingerprint density at radius 3 is 2.48 bits per heavy atom. The van der Waals surface area contributed by atoms with E-state index in [4.69, 9.17) is 0 Å². The van der Waals surface area contributed by atoms with Crippen LogP contribution in [0.5, 0.6) is 0 Å². The van der Waals surface area contributed by atoms with Gasteiger partial charge in [-0.15, -0.1) is 0 Å². The van der Waals surface area contributed by atoms with Crippen molar-refractivity contribution in [1.82, 2.24) is 4.90 Å². The molecule has 0 N–H and O–H groups in total. The van der Waals surface area contributed by atoms with E-state index in [1.54, 1.807) is 12.1 Å². The third-order valence-electron chi connectivity index (χ3n) is 5.13. The Labute approximate surface area is 149 Å². The van der Waals surface area contributed by atoms with Gasteiger partial charge in [0.05, 0.1) is 0 Å². The molecular weight excluding hydrogens is 313 g/mol. The Morgan fingerprint density at radius 1 is 1.00 bits per heavy atom. The average molecular weight is 339 g/mol. The molecule has 1 saturated heterocycles. The number of carbonyl (C=O) groups is 1. The second kappa shape index (κ2) is 8.91. The number of nitrogens with zero attached hydrogens (tertiary/aromatic N) is 1. The lowest BCUT2D eigenvalue weighted by atomic mass is 9.89. The summed E-state index contributed by atoms with van der Waals surface area (Å²) < 4.78 is 13.2. The number of hydrogen-bond acceptors (Lipinski definition) is 2. The molecule has 0 aliphatic carbocycles. The van der Waals surface area contributed by atoms with Crippen molar-refractivity contribution in [3.8, 4) is 0 Å². The first-order chi connectivity index (χ1) is 12.2. The van der Waals surface area contributed by atoms with E-state index in [1.807, 2.05) is 0 Å². The van der Waals surface area contributed by atoms with Crippen molar-refractivity contribution in [2.45, 2.75) is 38.0 Å². The zero-order valence-corrected chi connectivity index (χ0v) is 14.7. The van der Waals surface area contributed by atoms with Gasteiger partial charge in [-0.25, -0.2) is 4.39 Å². The van der Waals surface area contributed by atoms with E-state index >= 15 is 0 Å². The molecule has 0 radical (unpaired) electrons. The summed E-state index contributed by atoms with van der Waals surface area (Å²) >= 11 is 0. The van der Waals surface area contributed by atoms with Crippen LogP contribution in [0.15, 0.2) is 54.6 Å². The Balaban J connectivity index is 1.34. The number of halogens is 1. The molecule has 1 aliphatic rings. The molecule has 0 atom stereocenters. The second-order valence-electron chi connectivity index (χ2n) is 6.92. The number of piperidine rings is 1. The van der Waals surface area contributed by atoms with Crippen molar-refractivity contribution in [3.63, 3.8) is 0 Å². The number of ketones is 1. The van der Waals surface area contributed by atoms with Crippen molar-refractivity contribution in [2.24, 2.45) is 0 Å². The number of hydrogen-bond donors (Lipinski definition) is 0. The fraction of sp³-hybridized carbons (Fsp3) is 0.409. The van der Waals surface area contributed by atoms with Gasteiger partial charge in [0, 0.05) is 12.0 Å². The van der Waals surface area contributed by atoms with Crippen LogP contribution in [-0.2, 0) is 0 Å². The minimum Gasteiger partial charge on any atom is -0.303 e. The third kappa shape index (κ3) is 5.23. The largest absolute Gasteiger partial charge is 0.303 e. The SMILES string of the molecule is O=C(CCCCN1CCC(c2ccccc2)CC1)c1cccc(F)c1. The zero-order valence-electron chi connectivity index (χ0n) is 14.7. The van der Waals surface area contributed by atoms with Crippen LogP contribution in [0.1, 0.15) is 53.9 Å². The molecule has 0 bridgehead atoms. The molecule has 1 aliphatic heterocycles. The molecule has 2 aromatic carbocycles. The maximum absolute atomic E-state index is 13.2. The summed E-state index contributed by atoms with van der Waals surface area (Å²) in [6.45, 7) is 3.33. The fourth-order valence-electron chi connectivity index (χ4n) is 3.64. The van der Waals surface area contributed by atoms with Crippen molar-refractivity contribution in [1.29, 1.82) is 0 Å². The van der Waals surface area contributed by atoms with E-state index in [0.717, 1.165) is 32.5 Å². The first-order valence-electron chi connectivity index (χ1n) is 9.28. The molecule has 2 aromatic rings. The molecule has 1 fully saturated rings. The van der Waals surface area contributed by atoms with Gasteiger partial charge in [0.1, 0.15) is 5.82 Å². The summed E-state index contributed by atoms with van der Waals surface area (Å²) in [5, 5.41) is 0. The molecule has 132 valence electrons. The highest BCUT2D eigenvalue weighted by molar-refractivity contribution is 5.95. The molecule has 0 amide bonds. The number of unbranched alkanes of at least 4 members (excludes halogenated alkanes) is 1. The Morgan fingerprint density at radius 2 is 1.76 bits per heavy atom. The minimum atomic E-state index is -0.341. The number of Topliss-reactive ketones (excluding diaryl/α,β-unsaturated/α-hetero) is 1. The van der Waals surface area contributed by atoms with Crippen molar-refractivity contribution < 1.29 is 9.18 Å². The molecule has 0 aromatic heterocycles. The van der Waals surface area contributed by atoms with E-state index in [-0.39, 0.29) is 11.6 Å². The van der Waals surface area contributed by atoms with Gasteiger partial charge in [-0.3, -0.25) is 4.79 Å². The smallest absolute Gasteiger partial charge is 0.162 e. The standard InChI is InChI=1S/C22H26FNO/c23-21-10-6-9-20(17-21)22(25)11-4-5-14-24-15-12-19(13-16-24)18-7-2-1-3-8-18/h1-3,6-10,17,19H,4-5,11-16H2. The molecule has 25 heavy (non-hydrogen) atoms. The Kier molecular flexibility index (Phi) is 6.35. The molecule has 0 spiro atoms. The average Bonchev–Trinajstić information content (AvgIpc) is 2.66. The van der Waals surface area contributed by atoms with E-state index in [0.29, 0.717) is 17.9 Å². The predicted molar refractivity (Wildman–Crippen MR) is 99.4 cm³/mol. The van der Waals surface area contributed by atoms with Crippen LogP contribution in [0.4, 0.5) is 4.39 Å². The second-order valence-corrected chi connectivity index (χ2v) is 6.92. The number of likely N-dealkylation sites (tertiary alicyclic amines) is 1. The first-order valence-corrected chi connectivity index (χ1v) is 9.28. The van der Waals surface area contributed by atoms with Crippen LogP contribution >= 0.6 is 0 Å². The molecule has 1 heterocycles. The summed E-state index contributed by atoms with van der Waals surface area (Å²) in [5.74, 6) is 0.390. The summed E-state index contributed by atoms with van der Waals surface area (Å²) in [5.41, 5.74) is 1.95. The highest BCUT2D eigenvalue weighted by Crippen LogP contribution is 2.27. The van der Waals surface area contributed by atoms with Crippen molar-refractivity contribution in [2.75, 3.05) is 19.6 Å². The summed E-state index contributed by atoms with van der Waals surface area (Å²) in [4.78, 5) is 14.6. The quantitative estimate of drug-likeness (QED) is 0.519. The van der Waals surface area contributed by atoms with Crippen molar-refractivity contribution >= 4 is 5.78 Å². The normalized spacial score (nSPS) is 16.0. The summed E-state index contributed by atoms with van der Waals surface area (Å²) in [7, 11) is 0. The topological polar surface area (TPSA) is 20.3 Å². The molecule has 0 saturated carbocycles. The van der Waals surface area contributed by atoms with Crippen LogP contribution in [0.25, 0.3) is 0 Å². The molecule has 3 heteroatoms. The van der Waals surface area contributed by atoms with Crippen LogP contribution < -0.4 is 0 Å². The lowest BCUT2D eigenvalue weighted by Gasteiger charge is -2.32. The van der Waals surface area contributed by atoms with Gasteiger partial charge in [-0.05, 0) is 68.9 Å². The monoisotopic (exact) mass is 339 g/mol. The van der Waals surface area contributed by atoms with Gasteiger partial charge >= 0.3 is 0 Å². The molecular formula is C22H26FNO. The van der Waals surface area contributed by atoms with E-state index in [9.17, 15) is 9.18 Å². The van der Waals surface area contributed by atoms with Gasteiger partial charge < -0.3 is 4.90 Å². The lowest BCUT2D eigenvalue weighted by Crippen LogP contribution is -2.33. The highest BCUT2D eigenvalue weighted by atomic mass is 19.1. The minimum absolute atomic E-state index is 0.0438. The summed E-state index contributed by atoms with van der Waals surface area (Å²) in [6, 6.07) is 16.8. The Bertz CT molecular complexity index is 677. The van der Waals surface area contributed by atoms with Gasteiger partial charge in [0.25, 0.3) is 0 Å². The zero-order chi connectivity index (χ0) is 17.5. The maximum atomic E-state index is 13.2. The third-order valence-corrected chi connectivity index (χ3v) is 5.13. The number of carbonyl (C=O) groups excluding carboxylic acids is 1. The van der Waals surface area contributed by atoms with Crippen molar-refractivity contribution in [3.05, 3.63) is 71.5 Å². The van der Waals surface area contributed by atoms with Crippen LogP contribution in [0, 0.1) is 5.82 Å². The van der Waals surface area contributed by atoms with Gasteiger partial charge in [-0.1, -0.05) is 42.5 Å². The van der Waals surface area contributed by atoms with E-state index in [1.165, 1.54) is 30.5 Å². The lowest BCUT2D eigenvalue weighted by molar-refractivity contribution is 0.0976. The summed E-state index contributed by atoms with van der Waals surface area (Å²) in [6.07, 6.45) is 4.83.